The van der Waals surface area contributed by atoms with Crippen molar-refractivity contribution in [1.82, 2.24) is 25.5 Å². The van der Waals surface area contributed by atoms with Gasteiger partial charge in [0.2, 0.25) is 0 Å². The minimum atomic E-state index is -0.900. The third-order valence-electron chi connectivity index (χ3n) is 6.03. The van der Waals surface area contributed by atoms with Crippen molar-refractivity contribution >= 4 is 5.82 Å². The number of phenols is 1. The van der Waals surface area contributed by atoms with Gasteiger partial charge in [0.15, 0.2) is 5.82 Å². The van der Waals surface area contributed by atoms with E-state index in [1.165, 1.54) is 0 Å². The normalized spacial score (nSPS) is 21.5. The number of rotatable bonds is 5. The monoisotopic (exact) mass is 422 g/mol. The lowest BCUT2D eigenvalue weighted by atomic mass is 10.0. The Bertz CT molecular complexity index is 1000. The molecule has 0 bridgehead atoms. The molecule has 3 aromatic rings. The first-order chi connectivity index (χ1) is 15.1. The fraction of sp³-hybridized carbons (Fsp3) is 0.391. The fourth-order valence-corrected chi connectivity index (χ4v) is 4.15. The standard InChI is InChI=1S/C23H27FN6O/c1-25-16-4-3-5-18(24)21(13-16)30(2)23-9-8-19(28-29-23)17-7-6-15(12-22(17)31)20-14-26-10-11-27-20/h6-12,14,16,18,21,25,31H,3-5,13H2,1-2H3/t16-,18+,21-/m0/s1. The smallest absolute Gasteiger partial charge is 0.151 e. The summed E-state index contributed by atoms with van der Waals surface area (Å²) in [5.74, 6) is 0.701. The van der Waals surface area contributed by atoms with Crippen LogP contribution in [0.2, 0.25) is 0 Å². The van der Waals surface area contributed by atoms with E-state index in [4.69, 9.17) is 0 Å². The number of aromatic nitrogens is 4. The van der Waals surface area contributed by atoms with Gasteiger partial charge in [0.05, 0.1) is 23.6 Å². The average Bonchev–Trinajstić information content (AvgIpc) is 3.00. The van der Waals surface area contributed by atoms with Crippen LogP contribution in [-0.4, -0.2) is 57.6 Å². The van der Waals surface area contributed by atoms with Gasteiger partial charge in [0.1, 0.15) is 11.9 Å². The minimum Gasteiger partial charge on any atom is -0.507 e. The van der Waals surface area contributed by atoms with E-state index >= 15 is 0 Å². The van der Waals surface area contributed by atoms with E-state index in [1.807, 2.05) is 31.1 Å². The molecule has 0 aliphatic heterocycles. The van der Waals surface area contributed by atoms with Crippen molar-refractivity contribution in [2.24, 2.45) is 0 Å². The van der Waals surface area contributed by atoms with Crippen LogP contribution in [0.25, 0.3) is 22.5 Å². The van der Waals surface area contributed by atoms with Crippen molar-refractivity contribution in [3.05, 3.63) is 48.9 Å². The third-order valence-corrected chi connectivity index (χ3v) is 6.03. The average molecular weight is 423 g/mol. The summed E-state index contributed by atoms with van der Waals surface area (Å²) >= 11 is 0. The fourth-order valence-electron chi connectivity index (χ4n) is 4.15. The van der Waals surface area contributed by atoms with Crippen LogP contribution in [-0.2, 0) is 0 Å². The summed E-state index contributed by atoms with van der Waals surface area (Å²) in [6.45, 7) is 0. The number of halogens is 1. The maximum atomic E-state index is 14.8. The van der Waals surface area contributed by atoms with Gasteiger partial charge >= 0.3 is 0 Å². The highest BCUT2D eigenvalue weighted by molar-refractivity contribution is 5.72. The van der Waals surface area contributed by atoms with Crippen molar-refractivity contribution in [2.45, 2.75) is 43.9 Å². The van der Waals surface area contributed by atoms with Crippen molar-refractivity contribution < 1.29 is 9.50 Å². The van der Waals surface area contributed by atoms with Crippen molar-refractivity contribution in [1.29, 1.82) is 0 Å². The quantitative estimate of drug-likeness (QED) is 0.608. The number of nitrogens with one attached hydrogen (secondary N) is 1. The van der Waals surface area contributed by atoms with E-state index in [9.17, 15) is 9.50 Å². The van der Waals surface area contributed by atoms with Gasteiger partial charge in [-0.25, -0.2) is 4.39 Å². The molecule has 2 heterocycles. The lowest BCUT2D eigenvalue weighted by molar-refractivity contribution is 0.257. The molecular formula is C23H27FN6O. The molecular weight excluding hydrogens is 395 g/mol. The van der Waals surface area contributed by atoms with Gasteiger partial charge in [0, 0.05) is 36.6 Å². The lowest BCUT2D eigenvalue weighted by Gasteiger charge is -2.31. The van der Waals surface area contributed by atoms with E-state index in [-0.39, 0.29) is 11.8 Å². The second kappa shape index (κ2) is 9.34. The molecule has 4 rings (SSSR count). The molecule has 7 nitrogen and oxygen atoms in total. The Hall–Kier alpha value is -3.13. The number of anilines is 1. The predicted molar refractivity (Wildman–Crippen MR) is 119 cm³/mol. The molecule has 1 aliphatic carbocycles. The number of hydrogen-bond donors (Lipinski definition) is 2. The second-order valence-corrected chi connectivity index (χ2v) is 7.95. The molecule has 1 aromatic carbocycles. The Labute approximate surface area is 181 Å². The van der Waals surface area contributed by atoms with Crippen LogP contribution in [0.15, 0.2) is 48.9 Å². The molecule has 0 spiro atoms. The maximum Gasteiger partial charge on any atom is 0.151 e. The Morgan fingerprint density at radius 1 is 1.10 bits per heavy atom. The molecule has 0 amide bonds. The number of hydrogen-bond acceptors (Lipinski definition) is 7. The summed E-state index contributed by atoms with van der Waals surface area (Å²) in [6, 6.07) is 8.95. The van der Waals surface area contributed by atoms with Gasteiger partial charge in [-0.3, -0.25) is 9.97 Å². The highest BCUT2D eigenvalue weighted by Gasteiger charge is 2.31. The van der Waals surface area contributed by atoms with Crippen molar-refractivity contribution in [3.63, 3.8) is 0 Å². The lowest BCUT2D eigenvalue weighted by Crippen LogP contribution is -2.43. The summed E-state index contributed by atoms with van der Waals surface area (Å²) in [5.41, 5.74) is 2.56. The van der Waals surface area contributed by atoms with Gasteiger partial charge in [-0.05, 0) is 57.0 Å². The van der Waals surface area contributed by atoms with Crippen molar-refractivity contribution in [2.75, 3.05) is 19.0 Å². The van der Waals surface area contributed by atoms with Crippen molar-refractivity contribution in [3.8, 4) is 28.3 Å². The van der Waals surface area contributed by atoms with Gasteiger partial charge < -0.3 is 15.3 Å². The van der Waals surface area contributed by atoms with Gasteiger partial charge in [0.25, 0.3) is 0 Å². The maximum absolute atomic E-state index is 14.8. The molecule has 31 heavy (non-hydrogen) atoms. The molecule has 1 saturated carbocycles. The zero-order valence-corrected chi connectivity index (χ0v) is 17.7. The van der Waals surface area contributed by atoms with Crippen LogP contribution >= 0.6 is 0 Å². The summed E-state index contributed by atoms with van der Waals surface area (Å²) in [4.78, 5) is 10.2. The first kappa shape index (κ1) is 21.1. The number of phenolic OH excluding ortho intramolecular Hbond substituents is 1. The van der Waals surface area contributed by atoms with Gasteiger partial charge in [-0.2, -0.15) is 0 Å². The zero-order valence-electron chi connectivity index (χ0n) is 17.7. The largest absolute Gasteiger partial charge is 0.507 e. The topological polar surface area (TPSA) is 87.1 Å². The molecule has 3 atom stereocenters. The number of benzene rings is 1. The summed E-state index contributed by atoms with van der Waals surface area (Å²) in [6.07, 6.45) is 7.10. The summed E-state index contributed by atoms with van der Waals surface area (Å²) in [5, 5.41) is 22.4. The Morgan fingerprint density at radius 3 is 2.65 bits per heavy atom. The first-order valence-corrected chi connectivity index (χ1v) is 10.5. The second-order valence-electron chi connectivity index (χ2n) is 7.95. The van der Waals surface area contributed by atoms with Crippen LogP contribution in [0, 0.1) is 0 Å². The van der Waals surface area contributed by atoms with Crippen LogP contribution in [0.5, 0.6) is 5.75 Å². The molecule has 1 fully saturated rings. The highest BCUT2D eigenvalue weighted by atomic mass is 19.1. The summed E-state index contributed by atoms with van der Waals surface area (Å²) in [7, 11) is 3.79. The molecule has 1 aliphatic rings. The van der Waals surface area contributed by atoms with Gasteiger partial charge in [-0.15, -0.1) is 10.2 Å². The third kappa shape index (κ3) is 4.64. The minimum absolute atomic E-state index is 0.0861. The Balaban J connectivity index is 1.54. The number of nitrogens with zero attached hydrogens (tertiary/aromatic N) is 5. The Kier molecular flexibility index (Phi) is 6.36. The van der Waals surface area contributed by atoms with Crippen LogP contribution < -0.4 is 10.2 Å². The molecule has 8 heteroatoms. The van der Waals surface area contributed by atoms with E-state index in [1.54, 1.807) is 36.8 Å². The number of aromatic hydroxyl groups is 1. The first-order valence-electron chi connectivity index (χ1n) is 10.5. The van der Waals surface area contributed by atoms with Crippen LogP contribution in [0.1, 0.15) is 25.7 Å². The molecule has 0 unspecified atom stereocenters. The van der Waals surface area contributed by atoms with E-state index in [0.717, 1.165) is 24.8 Å². The molecule has 2 aromatic heterocycles. The van der Waals surface area contributed by atoms with E-state index < -0.39 is 6.17 Å². The molecule has 2 N–H and O–H groups in total. The van der Waals surface area contributed by atoms with Gasteiger partial charge in [-0.1, -0.05) is 6.07 Å². The molecule has 0 radical (unpaired) electrons. The molecule has 162 valence electrons. The van der Waals surface area contributed by atoms with E-state index in [0.29, 0.717) is 35.2 Å². The van der Waals surface area contributed by atoms with Crippen LogP contribution in [0.4, 0.5) is 10.2 Å². The highest BCUT2D eigenvalue weighted by Crippen LogP contribution is 2.32. The Morgan fingerprint density at radius 2 is 1.97 bits per heavy atom. The summed E-state index contributed by atoms with van der Waals surface area (Å²) < 4.78 is 14.8. The molecule has 0 saturated heterocycles. The SMILES string of the molecule is CN[C@H]1CCC[C@@H](F)[C@@H](N(C)c2ccc(-c3ccc(-c4cnccn4)cc3O)nn2)C1. The number of alkyl halides is 1. The zero-order chi connectivity index (χ0) is 21.8. The predicted octanol–water partition coefficient (Wildman–Crippen LogP) is 3.61. The van der Waals surface area contributed by atoms with Crippen LogP contribution in [0.3, 0.4) is 0 Å². The van der Waals surface area contributed by atoms with E-state index in [2.05, 4.69) is 25.5 Å².